The van der Waals surface area contributed by atoms with Crippen molar-refractivity contribution < 1.29 is 9.90 Å². The molecule has 16 heavy (non-hydrogen) atoms. The maximum Gasteiger partial charge on any atom is 0.222 e. The molecule has 3 unspecified atom stereocenters. The van der Waals surface area contributed by atoms with Crippen LogP contribution in [0.5, 0.6) is 0 Å². The number of amides is 1. The van der Waals surface area contributed by atoms with Crippen molar-refractivity contribution in [1.82, 2.24) is 4.90 Å². The van der Waals surface area contributed by atoms with E-state index in [0.717, 1.165) is 12.8 Å². The molecule has 0 radical (unpaired) electrons. The highest BCUT2D eigenvalue weighted by Gasteiger charge is 2.26. The summed E-state index contributed by atoms with van der Waals surface area (Å²) >= 11 is 0. The largest absolute Gasteiger partial charge is 0.393 e. The highest BCUT2D eigenvalue weighted by Crippen LogP contribution is 2.17. The lowest BCUT2D eigenvalue weighted by Crippen LogP contribution is -2.44. The van der Waals surface area contributed by atoms with Gasteiger partial charge in [0.05, 0.1) is 6.10 Å². The van der Waals surface area contributed by atoms with Gasteiger partial charge in [-0.05, 0) is 32.1 Å². The Morgan fingerprint density at radius 3 is 2.88 bits per heavy atom. The average Bonchev–Trinajstić information content (AvgIpc) is 2.21. The van der Waals surface area contributed by atoms with Gasteiger partial charge in [0.1, 0.15) is 0 Å². The van der Waals surface area contributed by atoms with Crippen LogP contribution in [0, 0.1) is 5.92 Å². The Labute approximate surface area is 97.8 Å². The van der Waals surface area contributed by atoms with Crippen molar-refractivity contribution in [3.05, 3.63) is 0 Å². The summed E-state index contributed by atoms with van der Waals surface area (Å²) < 4.78 is 0. The molecule has 94 valence electrons. The molecule has 4 nitrogen and oxygen atoms in total. The molecule has 0 bridgehead atoms. The van der Waals surface area contributed by atoms with Crippen LogP contribution in [-0.2, 0) is 4.79 Å². The summed E-state index contributed by atoms with van der Waals surface area (Å²) in [4.78, 5) is 13.7. The maximum absolute atomic E-state index is 11.8. The maximum atomic E-state index is 11.8. The first-order valence-electron chi connectivity index (χ1n) is 6.22. The van der Waals surface area contributed by atoms with Gasteiger partial charge in [0.2, 0.25) is 5.91 Å². The topological polar surface area (TPSA) is 66.6 Å². The molecule has 1 rings (SSSR count). The van der Waals surface area contributed by atoms with E-state index in [-0.39, 0.29) is 24.0 Å². The van der Waals surface area contributed by atoms with E-state index in [9.17, 15) is 9.90 Å². The first kappa shape index (κ1) is 13.5. The number of nitrogens with zero attached hydrogens (tertiary/aromatic N) is 1. The van der Waals surface area contributed by atoms with Crippen LogP contribution >= 0.6 is 0 Å². The Bertz CT molecular complexity index is 231. The lowest BCUT2D eigenvalue weighted by Gasteiger charge is -2.34. The molecule has 1 aliphatic heterocycles. The zero-order valence-corrected chi connectivity index (χ0v) is 10.4. The van der Waals surface area contributed by atoms with Crippen molar-refractivity contribution in [2.24, 2.45) is 11.7 Å². The van der Waals surface area contributed by atoms with Gasteiger partial charge in [-0.1, -0.05) is 6.92 Å². The number of rotatable bonds is 4. The number of piperidine rings is 1. The summed E-state index contributed by atoms with van der Waals surface area (Å²) in [6, 6.07) is 0.176. The standard InChI is InChI=1S/C12H24N2O2/c1-9-8-14(7-6-11(9)15)12(16)5-3-4-10(2)13/h9-11,15H,3-8,13H2,1-2H3. The zero-order valence-electron chi connectivity index (χ0n) is 10.4. The van der Waals surface area contributed by atoms with E-state index >= 15 is 0 Å². The predicted molar refractivity (Wildman–Crippen MR) is 63.9 cm³/mol. The third kappa shape index (κ3) is 4.10. The fourth-order valence-electron chi connectivity index (χ4n) is 2.09. The van der Waals surface area contributed by atoms with Crippen LogP contribution in [0.2, 0.25) is 0 Å². The highest BCUT2D eigenvalue weighted by molar-refractivity contribution is 5.76. The van der Waals surface area contributed by atoms with Crippen molar-refractivity contribution in [3.8, 4) is 0 Å². The number of hydrogen-bond acceptors (Lipinski definition) is 3. The van der Waals surface area contributed by atoms with Gasteiger partial charge in [-0.25, -0.2) is 0 Å². The van der Waals surface area contributed by atoms with Gasteiger partial charge >= 0.3 is 0 Å². The third-order valence-electron chi connectivity index (χ3n) is 3.26. The zero-order chi connectivity index (χ0) is 12.1. The molecule has 0 aliphatic carbocycles. The van der Waals surface area contributed by atoms with Gasteiger partial charge in [0.15, 0.2) is 0 Å². The smallest absolute Gasteiger partial charge is 0.222 e. The number of carbonyl (C=O) groups excluding carboxylic acids is 1. The Morgan fingerprint density at radius 2 is 2.31 bits per heavy atom. The van der Waals surface area contributed by atoms with Crippen molar-refractivity contribution in [1.29, 1.82) is 0 Å². The fourth-order valence-corrected chi connectivity index (χ4v) is 2.09. The van der Waals surface area contributed by atoms with Gasteiger partial charge in [0.25, 0.3) is 0 Å². The van der Waals surface area contributed by atoms with Gasteiger partial charge in [-0.2, -0.15) is 0 Å². The van der Waals surface area contributed by atoms with Crippen LogP contribution in [0.1, 0.15) is 39.5 Å². The molecule has 0 saturated carbocycles. The fraction of sp³-hybridized carbons (Fsp3) is 0.917. The number of hydrogen-bond donors (Lipinski definition) is 2. The van der Waals surface area contributed by atoms with Crippen molar-refractivity contribution in [2.75, 3.05) is 13.1 Å². The van der Waals surface area contributed by atoms with Gasteiger partial charge in [-0.15, -0.1) is 0 Å². The van der Waals surface area contributed by atoms with Crippen LogP contribution in [-0.4, -0.2) is 41.1 Å². The van der Waals surface area contributed by atoms with E-state index in [4.69, 9.17) is 5.73 Å². The van der Waals surface area contributed by atoms with Crippen molar-refractivity contribution >= 4 is 5.91 Å². The molecule has 1 saturated heterocycles. The average molecular weight is 228 g/mol. The quantitative estimate of drug-likeness (QED) is 0.745. The van der Waals surface area contributed by atoms with Gasteiger partial charge < -0.3 is 15.7 Å². The number of likely N-dealkylation sites (tertiary alicyclic amines) is 1. The summed E-state index contributed by atoms with van der Waals surface area (Å²) in [6.45, 7) is 5.34. The first-order valence-corrected chi connectivity index (χ1v) is 6.22. The molecule has 1 amide bonds. The van der Waals surface area contributed by atoms with Crippen LogP contribution < -0.4 is 5.73 Å². The Hall–Kier alpha value is -0.610. The molecule has 1 aliphatic rings. The van der Waals surface area contributed by atoms with Gasteiger partial charge in [0, 0.05) is 25.6 Å². The first-order chi connectivity index (χ1) is 7.50. The summed E-state index contributed by atoms with van der Waals surface area (Å²) in [7, 11) is 0. The SMILES string of the molecule is CC(N)CCCC(=O)N1CCC(O)C(C)C1. The van der Waals surface area contributed by atoms with E-state index in [1.54, 1.807) is 0 Å². The lowest BCUT2D eigenvalue weighted by atomic mass is 9.96. The van der Waals surface area contributed by atoms with Crippen molar-refractivity contribution in [3.63, 3.8) is 0 Å². The molecule has 1 heterocycles. The molecule has 1 fully saturated rings. The highest BCUT2D eigenvalue weighted by atomic mass is 16.3. The molecule has 0 aromatic rings. The monoisotopic (exact) mass is 228 g/mol. The summed E-state index contributed by atoms with van der Waals surface area (Å²) in [5, 5.41) is 9.57. The van der Waals surface area contributed by atoms with E-state index in [2.05, 4.69) is 0 Å². The third-order valence-corrected chi connectivity index (χ3v) is 3.26. The minimum absolute atomic E-state index is 0.176. The van der Waals surface area contributed by atoms with E-state index in [0.29, 0.717) is 25.9 Å². The molecular weight excluding hydrogens is 204 g/mol. The Kier molecular flexibility index (Phi) is 5.22. The number of nitrogens with two attached hydrogens (primary N) is 1. The molecule has 3 atom stereocenters. The van der Waals surface area contributed by atoms with E-state index in [1.807, 2.05) is 18.7 Å². The number of aliphatic hydroxyl groups excluding tert-OH is 1. The van der Waals surface area contributed by atoms with Crippen LogP contribution in [0.25, 0.3) is 0 Å². The van der Waals surface area contributed by atoms with E-state index in [1.165, 1.54) is 0 Å². The van der Waals surface area contributed by atoms with Crippen molar-refractivity contribution in [2.45, 2.75) is 51.7 Å². The second-order valence-electron chi connectivity index (χ2n) is 5.04. The van der Waals surface area contributed by atoms with E-state index < -0.39 is 0 Å². The minimum atomic E-state index is -0.242. The second kappa shape index (κ2) is 6.21. The molecule has 3 N–H and O–H groups in total. The minimum Gasteiger partial charge on any atom is -0.393 e. The molecule has 0 spiro atoms. The summed E-state index contributed by atoms with van der Waals surface area (Å²) in [5.41, 5.74) is 5.64. The second-order valence-corrected chi connectivity index (χ2v) is 5.04. The summed E-state index contributed by atoms with van der Waals surface area (Å²) in [6.07, 6.45) is 2.82. The molecule has 0 aromatic carbocycles. The van der Waals surface area contributed by atoms with Crippen LogP contribution in [0.15, 0.2) is 0 Å². The molecular formula is C12H24N2O2. The molecule has 4 heteroatoms. The Balaban J connectivity index is 2.26. The number of aliphatic hydroxyl groups is 1. The van der Waals surface area contributed by atoms with Crippen LogP contribution in [0.3, 0.4) is 0 Å². The number of carbonyl (C=O) groups is 1. The normalized spacial score (nSPS) is 27.9. The lowest BCUT2D eigenvalue weighted by molar-refractivity contribution is -0.134. The molecule has 0 aromatic heterocycles. The summed E-state index contributed by atoms with van der Waals surface area (Å²) in [5.74, 6) is 0.408. The predicted octanol–water partition coefficient (Wildman–Crippen LogP) is 0.733. The van der Waals surface area contributed by atoms with Crippen LogP contribution in [0.4, 0.5) is 0 Å². The van der Waals surface area contributed by atoms with Gasteiger partial charge in [-0.3, -0.25) is 4.79 Å². The Morgan fingerprint density at radius 1 is 1.62 bits per heavy atom.